The smallest absolute Gasteiger partial charge is 0.224 e. The zero-order valence-electron chi connectivity index (χ0n) is 10.5. The summed E-state index contributed by atoms with van der Waals surface area (Å²) in [5.41, 5.74) is 2.49. The number of rotatable bonds is 3. The first-order chi connectivity index (χ1) is 7.84. The minimum atomic E-state index is -0.159. The summed E-state index contributed by atoms with van der Waals surface area (Å²) in [5, 5.41) is 0.598. The van der Waals surface area contributed by atoms with Gasteiger partial charge in [0, 0.05) is 11.9 Å². The summed E-state index contributed by atoms with van der Waals surface area (Å²) in [6.45, 7) is 6.74. The summed E-state index contributed by atoms with van der Waals surface area (Å²) in [6.07, 6.45) is 0. The van der Waals surface area contributed by atoms with Gasteiger partial charge in [-0.2, -0.15) is 0 Å². The van der Waals surface area contributed by atoms with Crippen LogP contribution in [0.1, 0.15) is 25.0 Å². The van der Waals surface area contributed by atoms with Gasteiger partial charge >= 0.3 is 0 Å². The van der Waals surface area contributed by atoms with Crippen LogP contribution in [0.4, 0.5) is 5.69 Å². The van der Waals surface area contributed by atoms with Crippen molar-refractivity contribution in [2.45, 2.75) is 27.7 Å². The van der Waals surface area contributed by atoms with Crippen molar-refractivity contribution in [3.8, 4) is 0 Å². The number of aryl methyl sites for hydroxylation is 1. The first-order valence-corrected chi connectivity index (χ1v) is 5.75. The molecule has 1 aromatic rings. The molecule has 0 bridgehead atoms. The van der Waals surface area contributed by atoms with Crippen molar-refractivity contribution in [2.24, 2.45) is 0 Å². The Morgan fingerprint density at radius 1 is 1.24 bits per heavy atom. The lowest BCUT2D eigenvalue weighted by atomic mass is 10.1. The topological polar surface area (TPSA) is 37.4 Å². The van der Waals surface area contributed by atoms with Gasteiger partial charge in [0.1, 0.15) is 5.78 Å². The highest BCUT2D eigenvalue weighted by molar-refractivity contribution is 6.31. The molecule has 1 amide bonds. The molecule has 3 nitrogen and oxygen atoms in total. The fraction of sp³-hybridized carbons (Fsp3) is 0.385. The highest BCUT2D eigenvalue weighted by Crippen LogP contribution is 2.30. The van der Waals surface area contributed by atoms with Crippen molar-refractivity contribution >= 4 is 29.0 Å². The average molecular weight is 254 g/mol. The average Bonchev–Trinajstić information content (AvgIpc) is 2.22. The molecule has 92 valence electrons. The van der Waals surface area contributed by atoms with Crippen molar-refractivity contribution in [1.29, 1.82) is 0 Å². The van der Waals surface area contributed by atoms with Gasteiger partial charge in [-0.3, -0.25) is 9.59 Å². The Labute approximate surface area is 106 Å². The van der Waals surface area contributed by atoms with Gasteiger partial charge in [0.25, 0.3) is 0 Å². The van der Waals surface area contributed by atoms with Gasteiger partial charge < -0.3 is 4.90 Å². The lowest BCUT2D eigenvalue weighted by molar-refractivity contribution is -0.120. The summed E-state index contributed by atoms with van der Waals surface area (Å²) >= 11 is 6.05. The molecule has 0 fully saturated rings. The van der Waals surface area contributed by atoms with Crippen molar-refractivity contribution in [1.82, 2.24) is 0 Å². The first-order valence-electron chi connectivity index (χ1n) is 5.37. The highest BCUT2D eigenvalue weighted by atomic mass is 35.5. The molecular weight excluding hydrogens is 238 g/mol. The van der Waals surface area contributed by atoms with E-state index in [-0.39, 0.29) is 18.2 Å². The molecule has 4 heteroatoms. The lowest BCUT2D eigenvalue weighted by Gasteiger charge is -2.24. The Bertz CT molecular complexity index is 469. The van der Waals surface area contributed by atoms with Crippen molar-refractivity contribution in [3.05, 3.63) is 28.3 Å². The largest absolute Gasteiger partial charge is 0.305 e. The van der Waals surface area contributed by atoms with Crippen LogP contribution in [-0.2, 0) is 9.59 Å². The molecule has 0 aliphatic heterocycles. The summed E-state index contributed by atoms with van der Waals surface area (Å²) in [6, 6.07) is 3.64. The van der Waals surface area contributed by atoms with Crippen LogP contribution in [-0.4, -0.2) is 18.2 Å². The second kappa shape index (κ2) is 5.32. The zero-order chi connectivity index (χ0) is 13.2. The summed E-state index contributed by atoms with van der Waals surface area (Å²) in [5.74, 6) is -0.215. The van der Waals surface area contributed by atoms with Crippen LogP contribution < -0.4 is 4.90 Å². The van der Waals surface area contributed by atoms with E-state index in [0.29, 0.717) is 5.02 Å². The molecule has 0 aliphatic rings. The normalized spacial score (nSPS) is 10.2. The molecule has 0 saturated carbocycles. The maximum atomic E-state index is 11.6. The number of amides is 1. The Hall–Kier alpha value is -1.35. The predicted octanol–water partition coefficient (Wildman–Crippen LogP) is 2.90. The van der Waals surface area contributed by atoms with E-state index in [1.165, 1.54) is 18.7 Å². The van der Waals surface area contributed by atoms with Gasteiger partial charge in [0.15, 0.2) is 0 Å². The van der Waals surface area contributed by atoms with E-state index in [4.69, 9.17) is 11.6 Å². The van der Waals surface area contributed by atoms with E-state index in [0.717, 1.165) is 16.8 Å². The van der Waals surface area contributed by atoms with Crippen LogP contribution in [0.25, 0.3) is 0 Å². The van der Waals surface area contributed by atoms with Crippen molar-refractivity contribution in [3.63, 3.8) is 0 Å². The third kappa shape index (κ3) is 3.07. The minimum absolute atomic E-state index is 0.0565. The van der Waals surface area contributed by atoms with E-state index in [9.17, 15) is 9.59 Å². The van der Waals surface area contributed by atoms with Crippen molar-refractivity contribution in [2.75, 3.05) is 11.4 Å². The number of ketones is 1. The van der Waals surface area contributed by atoms with Crippen molar-refractivity contribution < 1.29 is 9.59 Å². The third-order valence-electron chi connectivity index (χ3n) is 2.60. The Balaban J connectivity index is 3.32. The quantitative estimate of drug-likeness (QED) is 0.831. The van der Waals surface area contributed by atoms with Gasteiger partial charge in [-0.1, -0.05) is 17.7 Å². The Morgan fingerprint density at radius 2 is 1.82 bits per heavy atom. The molecule has 0 radical (unpaired) electrons. The Morgan fingerprint density at radius 3 is 2.29 bits per heavy atom. The zero-order valence-corrected chi connectivity index (χ0v) is 11.3. The predicted molar refractivity (Wildman–Crippen MR) is 69.6 cm³/mol. The second-order valence-corrected chi connectivity index (χ2v) is 4.55. The van der Waals surface area contributed by atoms with E-state index < -0.39 is 0 Å². The molecule has 1 rings (SSSR count). The number of benzene rings is 1. The standard InChI is InChI=1S/C13H16ClNO2/c1-8-5-6-12(14)10(3)13(8)15(11(4)17)7-9(2)16/h5-6H,7H2,1-4H3. The molecular formula is C13H16ClNO2. The van der Waals surface area contributed by atoms with Gasteiger partial charge in [-0.25, -0.2) is 0 Å². The van der Waals surface area contributed by atoms with Crippen LogP contribution in [0.3, 0.4) is 0 Å². The number of Topliss-reactive ketones (excluding diaryl/α,β-unsaturated/α-hetero) is 1. The minimum Gasteiger partial charge on any atom is -0.305 e. The molecule has 0 aromatic heterocycles. The monoisotopic (exact) mass is 253 g/mol. The maximum absolute atomic E-state index is 11.6. The molecule has 1 aromatic carbocycles. The van der Waals surface area contributed by atoms with Crippen LogP contribution in [0.15, 0.2) is 12.1 Å². The first kappa shape index (κ1) is 13.7. The summed E-state index contributed by atoms with van der Waals surface area (Å²) in [4.78, 5) is 24.3. The number of carbonyl (C=O) groups excluding carboxylic acids is 2. The molecule has 0 heterocycles. The van der Waals surface area contributed by atoms with Crippen LogP contribution in [0.5, 0.6) is 0 Å². The van der Waals surface area contributed by atoms with Crippen LogP contribution >= 0.6 is 11.6 Å². The number of nitrogens with zero attached hydrogens (tertiary/aromatic N) is 1. The van der Waals surface area contributed by atoms with E-state index in [2.05, 4.69) is 0 Å². The maximum Gasteiger partial charge on any atom is 0.224 e. The molecule has 0 N–H and O–H groups in total. The fourth-order valence-corrected chi connectivity index (χ4v) is 1.95. The van der Waals surface area contributed by atoms with E-state index >= 15 is 0 Å². The van der Waals surface area contributed by atoms with Gasteiger partial charge in [-0.15, -0.1) is 0 Å². The molecule has 0 atom stereocenters. The molecule has 0 aliphatic carbocycles. The molecule has 0 saturated heterocycles. The molecule has 0 unspecified atom stereocenters. The number of hydrogen-bond acceptors (Lipinski definition) is 2. The van der Waals surface area contributed by atoms with Crippen LogP contribution in [0, 0.1) is 13.8 Å². The number of hydrogen-bond donors (Lipinski definition) is 0. The van der Waals surface area contributed by atoms with Crippen LogP contribution in [0.2, 0.25) is 5.02 Å². The number of carbonyl (C=O) groups is 2. The third-order valence-corrected chi connectivity index (χ3v) is 3.01. The van der Waals surface area contributed by atoms with Gasteiger partial charge in [0.2, 0.25) is 5.91 Å². The highest BCUT2D eigenvalue weighted by Gasteiger charge is 2.18. The van der Waals surface area contributed by atoms with Gasteiger partial charge in [-0.05, 0) is 38.0 Å². The van der Waals surface area contributed by atoms with Gasteiger partial charge in [0.05, 0.1) is 12.2 Å². The number of halogens is 1. The fourth-order valence-electron chi connectivity index (χ4n) is 1.80. The van der Waals surface area contributed by atoms with E-state index in [1.807, 2.05) is 19.9 Å². The molecule has 0 spiro atoms. The number of anilines is 1. The second-order valence-electron chi connectivity index (χ2n) is 4.15. The summed E-state index contributed by atoms with van der Waals surface area (Å²) < 4.78 is 0. The summed E-state index contributed by atoms with van der Waals surface area (Å²) in [7, 11) is 0. The SMILES string of the molecule is CC(=O)CN(C(C)=O)c1c(C)ccc(Cl)c1C. The van der Waals surface area contributed by atoms with E-state index in [1.54, 1.807) is 6.07 Å². The Kier molecular flexibility index (Phi) is 4.29. The lowest BCUT2D eigenvalue weighted by Crippen LogP contribution is -2.34. The molecule has 17 heavy (non-hydrogen) atoms.